The second-order valence-electron chi connectivity index (χ2n) is 7.12. The lowest BCUT2D eigenvalue weighted by Gasteiger charge is -2.17. The highest BCUT2D eigenvalue weighted by molar-refractivity contribution is 5.78. The molecule has 1 aliphatic heterocycles. The van der Waals surface area contributed by atoms with Crippen LogP contribution >= 0.6 is 0 Å². The monoisotopic (exact) mass is 367 g/mol. The number of nitrogens with one attached hydrogen (secondary N) is 1. The molecule has 1 aliphatic rings. The van der Waals surface area contributed by atoms with E-state index >= 15 is 0 Å². The Morgan fingerprint density at radius 3 is 2.74 bits per heavy atom. The standard InChI is InChI=1S/C23H29NO3/c1-3-5-9-17(4-2)23(25)24-16-21-15-18-14-20(12-13-22(18)27-21)26-19-10-7-6-8-11-19/h6-8,10-14,17,21H,3-5,9,15-16H2,1-2H3,(H,24,25)/t17-,21+/m1/s1. The fraction of sp³-hybridized carbons (Fsp3) is 0.435. The highest BCUT2D eigenvalue weighted by Crippen LogP contribution is 2.33. The predicted molar refractivity (Wildman–Crippen MR) is 107 cm³/mol. The number of ether oxygens (including phenoxy) is 2. The Hall–Kier alpha value is -2.49. The Morgan fingerprint density at radius 1 is 1.19 bits per heavy atom. The zero-order valence-electron chi connectivity index (χ0n) is 16.2. The van der Waals surface area contributed by atoms with Crippen LogP contribution in [0.1, 0.15) is 45.1 Å². The van der Waals surface area contributed by atoms with Crippen LogP contribution in [-0.2, 0) is 11.2 Å². The van der Waals surface area contributed by atoms with Gasteiger partial charge in [0.05, 0.1) is 6.54 Å². The quantitative estimate of drug-likeness (QED) is 0.669. The topological polar surface area (TPSA) is 47.6 Å². The van der Waals surface area contributed by atoms with Gasteiger partial charge < -0.3 is 14.8 Å². The van der Waals surface area contributed by atoms with Crippen molar-refractivity contribution in [2.45, 2.75) is 52.1 Å². The molecule has 2 aromatic carbocycles. The molecule has 2 atom stereocenters. The highest BCUT2D eigenvalue weighted by Gasteiger charge is 2.25. The van der Waals surface area contributed by atoms with E-state index < -0.39 is 0 Å². The number of hydrogen-bond donors (Lipinski definition) is 1. The number of rotatable bonds is 9. The van der Waals surface area contributed by atoms with Crippen molar-refractivity contribution >= 4 is 5.91 Å². The molecule has 0 aliphatic carbocycles. The van der Waals surface area contributed by atoms with Gasteiger partial charge in [0, 0.05) is 17.9 Å². The smallest absolute Gasteiger partial charge is 0.223 e. The summed E-state index contributed by atoms with van der Waals surface area (Å²) in [5.74, 6) is 2.77. The largest absolute Gasteiger partial charge is 0.488 e. The Bertz CT molecular complexity index is 745. The van der Waals surface area contributed by atoms with Gasteiger partial charge in [-0.15, -0.1) is 0 Å². The van der Waals surface area contributed by atoms with E-state index in [9.17, 15) is 4.79 Å². The Morgan fingerprint density at radius 2 is 2.00 bits per heavy atom. The number of fused-ring (bicyclic) bond motifs is 1. The average molecular weight is 367 g/mol. The van der Waals surface area contributed by atoms with Gasteiger partial charge in [-0.05, 0) is 43.2 Å². The van der Waals surface area contributed by atoms with E-state index in [-0.39, 0.29) is 17.9 Å². The molecule has 0 bridgehead atoms. The van der Waals surface area contributed by atoms with Gasteiger partial charge in [-0.2, -0.15) is 0 Å². The van der Waals surface area contributed by atoms with Gasteiger partial charge in [0.15, 0.2) is 0 Å². The number of benzene rings is 2. The van der Waals surface area contributed by atoms with Gasteiger partial charge in [-0.1, -0.05) is 44.9 Å². The van der Waals surface area contributed by atoms with Crippen molar-refractivity contribution in [3.05, 3.63) is 54.1 Å². The molecule has 0 saturated carbocycles. The Labute approximate surface area is 161 Å². The van der Waals surface area contributed by atoms with Crippen molar-refractivity contribution in [1.29, 1.82) is 0 Å². The van der Waals surface area contributed by atoms with Crippen molar-refractivity contribution in [3.8, 4) is 17.2 Å². The molecule has 0 saturated heterocycles. The molecule has 0 aromatic heterocycles. The third-order valence-electron chi connectivity index (χ3n) is 5.03. The van der Waals surface area contributed by atoms with Crippen LogP contribution in [0.2, 0.25) is 0 Å². The molecule has 1 N–H and O–H groups in total. The maximum atomic E-state index is 12.4. The number of hydrogen-bond acceptors (Lipinski definition) is 3. The first-order valence-corrected chi connectivity index (χ1v) is 9.99. The van der Waals surface area contributed by atoms with Crippen molar-refractivity contribution in [3.63, 3.8) is 0 Å². The molecular weight excluding hydrogens is 338 g/mol. The van der Waals surface area contributed by atoms with Crippen LogP contribution in [0.3, 0.4) is 0 Å². The molecule has 3 rings (SSSR count). The summed E-state index contributed by atoms with van der Waals surface area (Å²) in [6.07, 6.45) is 4.84. The molecule has 2 aromatic rings. The molecule has 0 spiro atoms. The van der Waals surface area contributed by atoms with Gasteiger partial charge in [0.1, 0.15) is 23.4 Å². The van der Waals surface area contributed by atoms with Crippen LogP contribution in [0.25, 0.3) is 0 Å². The number of carbonyl (C=O) groups is 1. The van der Waals surface area contributed by atoms with Crippen LogP contribution in [0.5, 0.6) is 17.2 Å². The second kappa shape index (κ2) is 9.45. The lowest BCUT2D eigenvalue weighted by atomic mass is 9.98. The summed E-state index contributed by atoms with van der Waals surface area (Å²) in [6, 6.07) is 15.6. The van der Waals surface area contributed by atoms with Gasteiger partial charge in [0.2, 0.25) is 5.91 Å². The third kappa shape index (κ3) is 5.25. The minimum atomic E-state index is -0.0143. The van der Waals surface area contributed by atoms with E-state index in [1.807, 2.05) is 48.5 Å². The molecule has 1 amide bonds. The maximum Gasteiger partial charge on any atom is 0.223 e. The van der Waals surface area contributed by atoms with E-state index in [1.54, 1.807) is 0 Å². The van der Waals surface area contributed by atoms with Crippen LogP contribution in [0.4, 0.5) is 0 Å². The van der Waals surface area contributed by atoms with Crippen molar-refractivity contribution < 1.29 is 14.3 Å². The van der Waals surface area contributed by atoms with E-state index in [1.165, 1.54) is 0 Å². The van der Waals surface area contributed by atoms with Crippen LogP contribution in [0, 0.1) is 5.92 Å². The number of amides is 1. The first-order valence-electron chi connectivity index (χ1n) is 9.99. The fourth-order valence-corrected chi connectivity index (χ4v) is 3.43. The van der Waals surface area contributed by atoms with Crippen LogP contribution < -0.4 is 14.8 Å². The summed E-state index contributed by atoms with van der Waals surface area (Å²) < 4.78 is 11.9. The Kier molecular flexibility index (Phi) is 6.74. The third-order valence-corrected chi connectivity index (χ3v) is 5.03. The van der Waals surface area contributed by atoms with Crippen LogP contribution in [0.15, 0.2) is 48.5 Å². The molecule has 4 heteroatoms. The van der Waals surface area contributed by atoms with E-state index in [0.29, 0.717) is 6.54 Å². The lowest BCUT2D eigenvalue weighted by molar-refractivity contribution is -0.125. The molecule has 27 heavy (non-hydrogen) atoms. The lowest BCUT2D eigenvalue weighted by Crippen LogP contribution is -2.37. The SMILES string of the molecule is CCCC[C@@H](CC)C(=O)NC[C@@H]1Cc2cc(Oc3ccccc3)ccc2O1. The highest BCUT2D eigenvalue weighted by atomic mass is 16.5. The molecular formula is C23H29NO3. The Balaban J connectivity index is 1.52. The summed E-state index contributed by atoms with van der Waals surface area (Å²) in [4.78, 5) is 12.4. The summed E-state index contributed by atoms with van der Waals surface area (Å²) in [6.45, 7) is 4.78. The van der Waals surface area contributed by atoms with E-state index in [4.69, 9.17) is 9.47 Å². The molecule has 4 nitrogen and oxygen atoms in total. The van der Waals surface area contributed by atoms with Gasteiger partial charge in [-0.3, -0.25) is 4.79 Å². The summed E-state index contributed by atoms with van der Waals surface area (Å²) in [5, 5.41) is 3.08. The van der Waals surface area contributed by atoms with Gasteiger partial charge in [0.25, 0.3) is 0 Å². The van der Waals surface area contributed by atoms with Crippen LogP contribution in [-0.4, -0.2) is 18.6 Å². The average Bonchev–Trinajstić information content (AvgIpc) is 3.10. The fourth-order valence-electron chi connectivity index (χ4n) is 3.43. The zero-order valence-corrected chi connectivity index (χ0v) is 16.2. The minimum absolute atomic E-state index is 0.0143. The predicted octanol–water partition coefficient (Wildman–Crippen LogP) is 5.12. The number of unbranched alkanes of at least 4 members (excludes halogenated alkanes) is 1. The minimum Gasteiger partial charge on any atom is -0.488 e. The second-order valence-corrected chi connectivity index (χ2v) is 7.12. The number of carbonyl (C=O) groups excluding carboxylic acids is 1. The summed E-state index contributed by atoms with van der Waals surface area (Å²) in [7, 11) is 0. The molecule has 1 heterocycles. The van der Waals surface area contributed by atoms with E-state index in [0.717, 1.165) is 54.9 Å². The first kappa shape index (κ1) is 19.3. The van der Waals surface area contributed by atoms with E-state index in [2.05, 4.69) is 19.2 Å². The molecule has 0 fully saturated rings. The van der Waals surface area contributed by atoms with Gasteiger partial charge >= 0.3 is 0 Å². The van der Waals surface area contributed by atoms with Crippen molar-refractivity contribution in [2.75, 3.05) is 6.54 Å². The first-order chi connectivity index (χ1) is 13.2. The van der Waals surface area contributed by atoms with Crippen molar-refractivity contribution in [1.82, 2.24) is 5.32 Å². The summed E-state index contributed by atoms with van der Waals surface area (Å²) in [5.41, 5.74) is 1.13. The zero-order chi connectivity index (χ0) is 19.1. The molecule has 144 valence electrons. The normalized spacial score (nSPS) is 16.3. The maximum absolute atomic E-state index is 12.4. The summed E-state index contributed by atoms with van der Waals surface area (Å²) >= 11 is 0. The van der Waals surface area contributed by atoms with Crippen molar-refractivity contribution in [2.24, 2.45) is 5.92 Å². The molecule has 0 unspecified atom stereocenters. The molecule has 0 radical (unpaired) electrons. The number of para-hydroxylation sites is 1. The van der Waals surface area contributed by atoms with Gasteiger partial charge in [-0.25, -0.2) is 0 Å².